The number of halogens is 2. The third-order valence-corrected chi connectivity index (χ3v) is 9.50. The van der Waals surface area contributed by atoms with Crippen molar-refractivity contribution in [3.63, 3.8) is 0 Å². The molecule has 236 valence electrons. The molecule has 0 aliphatic carbocycles. The van der Waals surface area contributed by atoms with Crippen molar-refractivity contribution in [2.75, 3.05) is 24.0 Å². The normalized spacial score (nSPS) is 11.8. The van der Waals surface area contributed by atoms with E-state index in [4.69, 9.17) is 16.3 Å². The van der Waals surface area contributed by atoms with E-state index in [-0.39, 0.29) is 36.1 Å². The number of benzene rings is 4. The topological polar surface area (TPSA) is 96.0 Å². The number of sulfonamides is 1. The Morgan fingerprint density at radius 2 is 1.56 bits per heavy atom. The van der Waals surface area contributed by atoms with Crippen LogP contribution in [0.4, 0.5) is 5.69 Å². The molecule has 4 aromatic carbocycles. The highest BCUT2D eigenvalue weighted by atomic mass is 79.9. The molecule has 0 unspecified atom stereocenters. The van der Waals surface area contributed by atoms with Crippen LogP contribution in [0.25, 0.3) is 0 Å². The number of anilines is 1. The Balaban J connectivity index is 1.83. The van der Waals surface area contributed by atoms with Gasteiger partial charge in [0.1, 0.15) is 18.3 Å². The third kappa shape index (κ3) is 8.87. The number of likely N-dealkylation sites (N-methyl/N-ethyl adjacent to an activating group) is 1. The average Bonchev–Trinajstić information content (AvgIpc) is 3.03. The van der Waals surface area contributed by atoms with Crippen LogP contribution in [0.1, 0.15) is 25.0 Å². The van der Waals surface area contributed by atoms with Crippen LogP contribution in [0.15, 0.2) is 112 Å². The zero-order chi connectivity index (χ0) is 32.4. The molecule has 0 fully saturated rings. The largest absolute Gasteiger partial charge is 0.492 e. The summed E-state index contributed by atoms with van der Waals surface area (Å²) < 4.78 is 36.1. The van der Waals surface area contributed by atoms with Crippen LogP contribution in [0.3, 0.4) is 0 Å². The number of hydrogen-bond donors (Lipinski definition) is 1. The Bertz CT molecular complexity index is 1700. The second-order valence-electron chi connectivity index (χ2n) is 10.1. The second kappa shape index (κ2) is 15.9. The fourth-order valence-corrected chi connectivity index (χ4v) is 6.86. The van der Waals surface area contributed by atoms with Crippen molar-refractivity contribution in [2.45, 2.75) is 37.8 Å². The van der Waals surface area contributed by atoms with Crippen LogP contribution in [0.2, 0.25) is 5.02 Å². The number of carbonyl (C=O) groups is 2. The van der Waals surface area contributed by atoms with Gasteiger partial charge < -0.3 is 15.0 Å². The van der Waals surface area contributed by atoms with Gasteiger partial charge in [0, 0.05) is 29.0 Å². The Hall–Kier alpha value is -3.86. The van der Waals surface area contributed by atoms with E-state index in [0.29, 0.717) is 17.3 Å². The number of rotatable bonds is 14. The highest BCUT2D eigenvalue weighted by molar-refractivity contribution is 9.10. The van der Waals surface area contributed by atoms with E-state index in [0.717, 1.165) is 19.9 Å². The predicted octanol–water partition coefficient (Wildman–Crippen LogP) is 6.47. The molecule has 0 aliphatic heterocycles. The highest BCUT2D eigenvalue weighted by Crippen LogP contribution is 2.33. The summed E-state index contributed by atoms with van der Waals surface area (Å²) in [5, 5.41) is 3.24. The number of ether oxygens (including phenoxy) is 1. The first-order valence-electron chi connectivity index (χ1n) is 14.5. The maximum atomic E-state index is 14.5. The maximum absolute atomic E-state index is 14.5. The van der Waals surface area contributed by atoms with Crippen molar-refractivity contribution < 1.29 is 22.7 Å². The van der Waals surface area contributed by atoms with Crippen molar-refractivity contribution >= 4 is 55.1 Å². The van der Waals surface area contributed by atoms with Crippen LogP contribution in [0.5, 0.6) is 5.75 Å². The molecule has 0 heterocycles. The number of amides is 2. The first kappa shape index (κ1) is 34.0. The Kier molecular flexibility index (Phi) is 12.0. The minimum atomic E-state index is -4.30. The fourth-order valence-electron chi connectivity index (χ4n) is 4.87. The van der Waals surface area contributed by atoms with Crippen LogP contribution >= 0.6 is 27.5 Å². The van der Waals surface area contributed by atoms with Gasteiger partial charge in [-0.1, -0.05) is 82.1 Å². The predicted molar refractivity (Wildman–Crippen MR) is 181 cm³/mol. The third-order valence-electron chi connectivity index (χ3n) is 6.98. The summed E-state index contributed by atoms with van der Waals surface area (Å²) in [4.78, 5) is 29.5. The lowest BCUT2D eigenvalue weighted by Gasteiger charge is -2.34. The van der Waals surface area contributed by atoms with Gasteiger partial charge in [-0.25, -0.2) is 8.42 Å². The Morgan fingerprint density at radius 1 is 0.889 bits per heavy atom. The highest BCUT2D eigenvalue weighted by Gasteiger charge is 2.35. The second-order valence-corrected chi connectivity index (χ2v) is 13.3. The molecule has 8 nitrogen and oxygen atoms in total. The minimum absolute atomic E-state index is 0.0471. The SMILES string of the molecule is CCNC(=O)[C@@H](Cc1ccccc1)N(Cc1cccc(Br)c1)C(=O)CN(c1ccccc1OCC)S(=O)(=O)c1ccc(Cl)cc1. The van der Waals surface area contributed by atoms with Crippen LogP contribution in [0, 0.1) is 0 Å². The van der Waals surface area contributed by atoms with Crippen LogP contribution < -0.4 is 14.4 Å². The van der Waals surface area contributed by atoms with E-state index in [1.807, 2.05) is 61.5 Å². The Morgan fingerprint density at radius 3 is 2.22 bits per heavy atom. The van der Waals surface area contributed by atoms with Crippen molar-refractivity contribution in [3.05, 3.63) is 124 Å². The summed E-state index contributed by atoms with van der Waals surface area (Å²) in [6.45, 7) is 3.72. The zero-order valence-electron chi connectivity index (χ0n) is 25.0. The molecule has 0 radical (unpaired) electrons. The molecule has 0 bridgehead atoms. The minimum Gasteiger partial charge on any atom is -0.492 e. The summed E-state index contributed by atoms with van der Waals surface area (Å²) in [6.07, 6.45) is 0.228. The van der Waals surface area contributed by atoms with Crippen LogP contribution in [-0.4, -0.2) is 50.9 Å². The van der Waals surface area contributed by atoms with E-state index >= 15 is 0 Å². The monoisotopic (exact) mass is 711 g/mol. The molecule has 4 aromatic rings. The molecule has 1 atom stereocenters. The van der Waals surface area contributed by atoms with E-state index in [1.165, 1.54) is 29.2 Å². The lowest BCUT2D eigenvalue weighted by Crippen LogP contribution is -2.53. The van der Waals surface area contributed by atoms with Gasteiger partial charge in [-0.05, 0) is 73.5 Å². The number of para-hydroxylation sites is 2. The Labute approximate surface area is 278 Å². The number of carbonyl (C=O) groups excluding carboxylic acids is 2. The van der Waals surface area contributed by atoms with E-state index in [1.54, 1.807) is 31.2 Å². The molecule has 45 heavy (non-hydrogen) atoms. The molecule has 0 saturated carbocycles. The van der Waals surface area contributed by atoms with Gasteiger partial charge in [-0.15, -0.1) is 0 Å². The molecule has 0 saturated heterocycles. The number of hydrogen-bond acceptors (Lipinski definition) is 5. The number of nitrogens with zero attached hydrogens (tertiary/aromatic N) is 2. The summed E-state index contributed by atoms with van der Waals surface area (Å²) in [5.41, 5.74) is 1.82. The van der Waals surface area contributed by atoms with Crippen molar-refractivity contribution in [1.82, 2.24) is 10.2 Å². The number of nitrogens with one attached hydrogen (secondary N) is 1. The quantitative estimate of drug-likeness (QED) is 0.162. The molecule has 0 aromatic heterocycles. The smallest absolute Gasteiger partial charge is 0.264 e. The van der Waals surface area contributed by atoms with E-state index in [9.17, 15) is 18.0 Å². The van der Waals surface area contributed by atoms with Crippen molar-refractivity contribution in [1.29, 1.82) is 0 Å². The first-order valence-corrected chi connectivity index (χ1v) is 17.1. The van der Waals surface area contributed by atoms with Crippen LogP contribution in [-0.2, 0) is 32.6 Å². The average molecular weight is 713 g/mol. The van der Waals surface area contributed by atoms with E-state index in [2.05, 4.69) is 21.2 Å². The molecular formula is C34H35BrClN3O5S. The zero-order valence-corrected chi connectivity index (χ0v) is 28.2. The van der Waals surface area contributed by atoms with Gasteiger partial charge in [-0.3, -0.25) is 13.9 Å². The molecule has 0 aliphatic rings. The van der Waals surface area contributed by atoms with Gasteiger partial charge in [0.05, 0.1) is 17.2 Å². The van der Waals surface area contributed by atoms with Crippen molar-refractivity contribution in [2.24, 2.45) is 0 Å². The van der Waals surface area contributed by atoms with Gasteiger partial charge in [0.2, 0.25) is 11.8 Å². The summed E-state index contributed by atoms with van der Waals surface area (Å²) >= 11 is 9.56. The molecule has 2 amide bonds. The van der Waals surface area contributed by atoms with Gasteiger partial charge in [-0.2, -0.15) is 0 Å². The molecule has 0 spiro atoms. The first-order chi connectivity index (χ1) is 21.6. The molecule has 11 heteroatoms. The fraction of sp³-hybridized carbons (Fsp3) is 0.235. The van der Waals surface area contributed by atoms with E-state index < -0.39 is 28.5 Å². The van der Waals surface area contributed by atoms with Gasteiger partial charge >= 0.3 is 0 Å². The summed E-state index contributed by atoms with van der Waals surface area (Å²) in [6, 6.07) is 28.3. The lowest BCUT2D eigenvalue weighted by atomic mass is 10.0. The maximum Gasteiger partial charge on any atom is 0.264 e. The summed E-state index contributed by atoms with van der Waals surface area (Å²) in [7, 11) is -4.30. The van der Waals surface area contributed by atoms with Crippen molar-refractivity contribution in [3.8, 4) is 5.75 Å². The molecule has 1 N–H and O–H groups in total. The van der Waals surface area contributed by atoms with Gasteiger partial charge in [0.15, 0.2) is 0 Å². The van der Waals surface area contributed by atoms with Gasteiger partial charge in [0.25, 0.3) is 10.0 Å². The molecule has 4 rings (SSSR count). The molecular weight excluding hydrogens is 678 g/mol. The standard InChI is InChI=1S/C34H35BrClN3O5S/c1-3-37-34(41)31(22-25-11-6-5-7-12-25)38(23-26-13-10-14-27(35)21-26)33(40)24-39(30-15-8-9-16-32(30)44-4-2)45(42,43)29-19-17-28(36)18-20-29/h5-21,31H,3-4,22-24H2,1-2H3,(H,37,41)/t31-/m1/s1. The lowest BCUT2D eigenvalue weighted by molar-refractivity contribution is -0.140. The summed E-state index contributed by atoms with van der Waals surface area (Å²) in [5.74, 6) is -0.606.